The van der Waals surface area contributed by atoms with Crippen molar-refractivity contribution in [3.8, 4) is 0 Å². The Balaban J connectivity index is 2.14. The zero-order valence-electron chi connectivity index (χ0n) is 11.3. The second kappa shape index (κ2) is 6.03. The van der Waals surface area contributed by atoms with Crippen molar-refractivity contribution in [1.29, 1.82) is 0 Å². The van der Waals surface area contributed by atoms with Crippen LogP contribution in [-0.4, -0.2) is 27.7 Å². The number of rotatable bonds is 4. The van der Waals surface area contributed by atoms with Crippen molar-refractivity contribution in [3.63, 3.8) is 0 Å². The zero-order chi connectivity index (χ0) is 13.9. The van der Waals surface area contributed by atoms with Gasteiger partial charge in [0, 0.05) is 7.11 Å². The second-order valence-electron chi connectivity index (χ2n) is 4.96. The van der Waals surface area contributed by atoms with E-state index in [0.29, 0.717) is 0 Å². The molecular weight excluding hydrogens is 264 g/mol. The van der Waals surface area contributed by atoms with E-state index in [9.17, 15) is 8.42 Å². The van der Waals surface area contributed by atoms with Crippen LogP contribution in [0.25, 0.3) is 0 Å². The van der Waals surface area contributed by atoms with Gasteiger partial charge in [-0.15, -0.1) is 0 Å². The fraction of sp³-hybridized carbons (Fsp3) is 0.571. The number of methoxy groups -OCH3 is 1. The van der Waals surface area contributed by atoms with Crippen molar-refractivity contribution >= 4 is 10.1 Å². The smallest absolute Gasteiger partial charge is 0.297 e. The summed E-state index contributed by atoms with van der Waals surface area (Å²) in [5.41, 5.74) is 1.02. The minimum absolute atomic E-state index is 0.131. The van der Waals surface area contributed by atoms with E-state index in [-0.39, 0.29) is 17.1 Å². The van der Waals surface area contributed by atoms with Gasteiger partial charge < -0.3 is 4.74 Å². The first kappa shape index (κ1) is 14.5. The summed E-state index contributed by atoms with van der Waals surface area (Å²) in [6, 6.07) is 6.69. The molecule has 0 unspecified atom stereocenters. The summed E-state index contributed by atoms with van der Waals surface area (Å²) in [5, 5.41) is 0. The van der Waals surface area contributed by atoms with Crippen LogP contribution in [-0.2, 0) is 19.0 Å². The fourth-order valence-corrected chi connectivity index (χ4v) is 3.49. The molecular formula is C14H20O4S. The maximum atomic E-state index is 12.2. The Bertz CT molecular complexity index is 507. The highest BCUT2D eigenvalue weighted by Gasteiger charge is 2.31. The molecule has 2 rings (SSSR count). The Labute approximate surface area is 114 Å². The topological polar surface area (TPSA) is 52.6 Å². The Kier molecular flexibility index (Phi) is 4.60. The van der Waals surface area contributed by atoms with E-state index in [2.05, 4.69) is 0 Å². The normalized spacial score (nSPS) is 24.3. The van der Waals surface area contributed by atoms with Crippen molar-refractivity contribution in [2.24, 2.45) is 0 Å². The molecule has 1 aliphatic rings. The molecule has 0 aliphatic heterocycles. The molecule has 19 heavy (non-hydrogen) atoms. The van der Waals surface area contributed by atoms with Crippen LogP contribution < -0.4 is 0 Å². The average Bonchev–Trinajstić information content (AvgIpc) is 2.39. The minimum Gasteiger partial charge on any atom is -0.379 e. The number of hydrogen-bond donors (Lipinski definition) is 0. The van der Waals surface area contributed by atoms with E-state index in [1.807, 2.05) is 6.92 Å². The molecule has 106 valence electrons. The molecule has 5 heteroatoms. The minimum atomic E-state index is -3.70. The van der Waals surface area contributed by atoms with Gasteiger partial charge in [-0.1, -0.05) is 30.5 Å². The van der Waals surface area contributed by atoms with E-state index < -0.39 is 10.1 Å². The first-order chi connectivity index (χ1) is 9.03. The summed E-state index contributed by atoms with van der Waals surface area (Å²) in [6.07, 6.45) is 3.12. The molecule has 1 aromatic carbocycles. The summed E-state index contributed by atoms with van der Waals surface area (Å²) in [5.74, 6) is 0. The molecule has 0 bridgehead atoms. The van der Waals surface area contributed by atoms with Crippen molar-refractivity contribution < 1.29 is 17.3 Å². The highest BCUT2D eigenvalue weighted by molar-refractivity contribution is 7.86. The van der Waals surface area contributed by atoms with Crippen molar-refractivity contribution in [1.82, 2.24) is 0 Å². The summed E-state index contributed by atoms with van der Waals surface area (Å²) >= 11 is 0. The Hall–Kier alpha value is -0.910. The number of benzene rings is 1. The first-order valence-corrected chi connectivity index (χ1v) is 7.96. The van der Waals surface area contributed by atoms with E-state index in [0.717, 1.165) is 31.2 Å². The molecule has 1 aliphatic carbocycles. The first-order valence-electron chi connectivity index (χ1n) is 6.55. The molecule has 1 saturated carbocycles. The maximum Gasteiger partial charge on any atom is 0.297 e. The molecule has 0 amide bonds. The van der Waals surface area contributed by atoms with E-state index in [1.54, 1.807) is 31.4 Å². The van der Waals surface area contributed by atoms with Crippen LogP contribution in [0.2, 0.25) is 0 Å². The molecule has 4 nitrogen and oxygen atoms in total. The average molecular weight is 284 g/mol. The molecule has 0 spiro atoms. The second-order valence-corrected chi connectivity index (χ2v) is 6.53. The van der Waals surface area contributed by atoms with Gasteiger partial charge in [0.05, 0.1) is 11.0 Å². The van der Waals surface area contributed by atoms with Crippen LogP contribution in [0.3, 0.4) is 0 Å². The Morgan fingerprint density at radius 2 is 1.63 bits per heavy atom. The van der Waals surface area contributed by atoms with Crippen molar-refractivity contribution in [3.05, 3.63) is 29.8 Å². The van der Waals surface area contributed by atoms with Gasteiger partial charge in [0.1, 0.15) is 6.10 Å². The van der Waals surface area contributed by atoms with Crippen molar-refractivity contribution in [2.45, 2.75) is 49.7 Å². The third-order valence-corrected chi connectivity index (χ3v) is 4.85. The van der Waals surface area contributed by atoms with Crippen LogP contribution in [0.4, 0.5) is 0 Å². The molecule has 2 atom stereocenters. The summed E-state index contributed by atoms with van der Waals surface area (Å²) in [7, 11) is -2.10. The van der Waals surface area contributed by atoms with Crippen LogP contribution in [0.15, 0.2) is 29.2 Å². The quantitative estimate of drug-likeness (QED) is 0.798. The van der Waals surface area contributed by atoms with Crippen molar-refractivity contribution in [2.75, 3.05) is 7.11 Å². The third kappa shape index (κ3) is 3.55. The third-order valence-electron chi connectivity index (χ3n) is 3.50. The van der Waals surface area contributed by atoms with Crippen LogP contribution in [0.5, 0.6) is 0 Å². The van der Waals surface area contributed by atoms with Crippen LogP contribution >= 0.6 is 0 Å². The molecule has 0 N–H and O–H groups in total. The highest BCUT2D eigenvalue weighted by Crippen LogP contribution is 2.26. The van der Waals surface area contributed by atoms with E-state index in [4.69, 9.17) is 8.92 Å². The molecule has 0 radical (unpaired) electrons. The lowest BCUT2D eigenvalue weighted by Gasteiger charge is -2.29. The van der Waals surface area contributed by atoms with Gasteiger partial charge in [0.15, 0.2) is 0 Å². The van der Waals surface area contributed by atoms with Gasteiger partial charge in [-0.25, -0.2) is 0 Å². The van der Waals surface area contributed by atoms with E-state index >= 15 is 0 Å². The lowest BCUT2D eigenvalue weighted by atomic mass is 9.95. The molecule has 1 fully saturated rings. The van der Waals surface area contributed by atoms with Gasteiger partial charge in [-0.2, -0.15) is 8.42 Å². The summed E-state index contributed by atoms with van der Waals surface area (Å²) in [6.45, 7) is 1.92. The standard InChI is InChI=1S/C14H20O4S/c1-11-7-9-12(10-8-11)19(15,16)18-14-6-4-3-5-13(14)17-2/h7-10,13-14H,3-6H2,1-2H3/t13-,14+/m1/s1. The van der Waals surface area contributed by atoms with Crippen LogP contribution in [0.1, 0.15) is 31.2 Å². The lowest BCUT2D eigenvalue weighted by Crippen LogP contribution is -2.35. The predicted octanol–water partition coefficient (Wildman–Crippen LogP) is 2.66. The van der Waals surface area contributed by atoms with Crippen LogP contribution in [0, 0.1) is 6.92 Å². The number of ether oxygens (including phenoxy) is 1. The molecule has 1 aromatic rings. The van der Waals surface area contributed by atoms with Gasteiger partial charge in [-0.3, -0.25) is 4.18 Å². The fourth-order valence-electron chi connectivity index (χ4n) is 2.37. The molecule has 0 heterocycles. The molecule has 0 saturated heterocycles. The highest BCUT2D eigenvalue weighted by atomic mass is 32.2. The van der Waals surface area contributed by atoms with Gasteiger partial charge in [0.25, 0.3) is 10.1 Å². The number of hydrogen-bond acceptors (Lipinski definition) is 4. The van der Waals surface area contributed by atoms with Gasteiger partial charge >= 0.3 is 0 Å². The lowest BCUT2D eigenvalue weighted by molar-refractivity contribution is -0.0200. The maximum absolute atomic E-state index is 12.2. The Morgan fingerprint density at radius 3 is 2.21 bits per heavy atom. The van der Waals surface area contributed by atoms with Gasteiger partial charge in [0.2, 0.25) is 0 Å². The zero-order valence-corrected chi connectivity index (χ0v) is 12.2. The van der Waals surface area contributed by atoms with E-state index in [1.165, 1.54) is 0 Å². The largest absolute Gasteiger partial charge is 0.379 e. The molecule has 0 aromatic heterocycles. The Morgan fingerprint density at radius 1 is 1.05 bits per heavy atom. The summed E-state index contributed by atoms with van der Waals surface area (Å²) in [4.78, 5) is 0.207. The van der Waals surface area contributed by atoms with Gasteiger partial charge in [-0.05, 0) is 31.9 Å². The number of aryl methyl sites for hydroxylation is 1. The summed E-state index contributed by atoms with van der Waals surface area (Å²) < 4.78 is 35.1. The monoisotopic (exact) mass is 284 g/mol. The predicted molar refractivity (Wildman–Crippen MR) is 72.5 cm³/mol. The SMILES string of the molecule is CO[C@@H]1CCCC[C@@H]1OS(=O)(=O)c1ccc(C)cc1.